The first-order valence-corrected chi connectivity index (χ1v) is 12.6. The fourth-order valence-electron chi connectivity index (χ4n) is 3.90. The Bertz CT molecular complexity index is 1000. The summed E-state index contributed by atoms with van der Waals surface area (Å²) in [6, 6.07) is 5.08. The van der Waals surface area contributed by atoms with E-state index in [9.17, 15) is 14.4 Å². The maximum absolute atomic E-state index is 13.2. The Morgan fingerprint density at radius 1 is 1.28 bits per heavy atom. The Balaban J connectivity index is 1.61. The van der Waals surface area contributed by atoms with Crippen LogP contribution in [0.25, 0.3) is 0 Å². The van der Waals surface area contributed by atoms with Crippen molar-refractivity contribution in [2.45, 2.75) is 23.5 Å². The quantitative estimate of drug-likeness (QED) is 0.142. The standard InChI is InChI=1S/C24H33N5O6S/c1-5-10-35-24(32)20(25-3)19-21-22(19)36-15(23(31)29(21)6-2)13-26-16-8-7-9-17(27-16)28-18(30)14-34-12-11-33-4/h5,7-9,15,21-22,25H,1,6,10-14H2,2-4H3,(H2,26,27,28,30)/t15-,21?,22?/m1/s1. The van der Waals surface area contributed by atoms with Crippen LogP contribution >= 0.6 is 11.8 Å². The summed E-state index contributed by atoms with van der Waals surface area (Å²) in [6.45, 7) is 7.12. The minimum atomic E-state index is -0.451. The van der Waals surface area contributed by atoms with E-state index >= 15 is 0 Å². The van der Waals surface area contributed by atoms with Gasteiger partial charge in [-0.25, -0.2) is 9.78 Å². The lowest BCUT2D eigenvalue weighted by molar-refractivity contribution is -0.138. The monoisotopic (exact) mass is 519 g/mol. The van der Waals surface area contributed by atoms with Crippen LogP contribution in [0.4, 0.5) is 11.6 Å². The summed E-state index contributed by atoms with van der Waals surface area (Å²) in [6.07, 6.45) is 1.51. The van der Waals surface area contributed by atoms with Crippen LogP contribution in [0.5, 0.6) is 0 Å². The number of thioether (sulfide) groups is 1. The Morgan fingerprint density at radius 3 is 2.75 bits per heavy atom. The van der Waals surface area contributed by atoms with Crippen molar-refractivity contribution >= 4 is 41.2 Å². The summed E-state index contributed by atoms with van der Waals surface area (Å²) >= 11 is 1.52. The number of nitrogens with zero attached hydrogens (tertiary/aromatic N) is 2. The predicted octanol–water partition coefficient (Wildman–Crippen LogP) is 1.01. The van der Waals surface area contributed by atoms with E-state index in [0.29, 0.717) is 43.6 Å². The van der Waals surface area contributed by atoms with Crippen molar-refractivity contribution < 1.29 is 28.6 Å². The molecule has 2 amide bonds. The minimum absolute atomic E-state index is 0.00109. The highest BCUT2D eigenvalue weighted by Crippen LogP contribution is 2.52. The zero-order valence-electron chi connectivity index (χ0n) is 20.7. The highest BCUT2D eigenvalue weighted by atomic mass is 32.2. The smallest absolute Gasteiger partial charge is 0.354 e. The SMILES string of the molecule is C=CCOC(=O)C(NC)=C1C2S[C@H](CNc3cccc(NC(=O)COCCOC)n3)C(=O)N(CC)C12. The van der Waals surface area contributed by atoms with Gasteiger partial charge in [-0.2, -0.15) is 0 Å². The highest BCUT2D eigenvalue weighted by molar-refractivity contribution is 8.02. The third-order valence-electron chi connectivity index (χ3n) is 5.57. The molecular weight excluding hydrogens is 486 g/mol. The highest BCUT2D eigenvalue weighted by Gasteiger charge is 2.58. The van der Waals surface area contributed by atoms with Crippen molar-refractivity contribution in [1.29, 1.82) is 0 Å². The maximum Gasteiger partial charge on any atom is 0.354 e. The number of fused-ring (bicyclic) bond motifs is 1. The van der Waals surface area contributed by atoms with Crippen LogP contribution in [0.3, 0.4) is 0 Å². The van der Waals surface area contributed by atoms with E-state index in [1.165, 1.54) is 17.8 Å². The molecule has 36 heavy (non-hydrogen) atoms. The molecule has 2 aliphatic rings. The zero-order chi connectivity index (χ0) is 26.1. The second-order valence-corrected chi connectivity index (χ2v) is 9.31. The van der Waals surface area contributed by atoms with Crippen LogP contribution in [0, 0.1) is 0 Å². The number of anilines is 2. The van der Waals surface area contributed by atoms with Gasteiger partial charge in [0.15, 0.2) is 0 Å². The number of amides is 2. The molecule has 3 atom stereocenters. The Morgan fingerprint density at radius 2 is 2.06 bits per heavy atom. The molecule has 1 aromatic heterocycles. The summed E-state index contributed by atoms with van der Waals surface area (Å²) in [5, 5.41) is 8.49. The van der Waals surface area contributed by atoms with Gasteiger partial charge in [0.1, 0.15) is 35.8 Å². The van der Waals surface area contributed by atoms with Crippen molar-refractivity contribution in [3.63, 3.8) is 0 Å². The van der Waals surface area contributed by atoms with Gasteiger partial charge in [0.2, 0.25) is 5.91 Å². The molecule has 0 aromatic carbocycles. The number of rotatable bonds is 14. The molecule has 0 radical (unpaired) electrons. The number of carbonyl (C=O) groups is 3. The molecule has 2 unspecified atom stereocenters. The molecule has 11 nitrogen and oxygen atoms in total. The summed E-state index contributed by atoms with van der Waals surface area (Å²) in [4.78, 5) is 43.8. The van der Waals surface area contributed by atoms with Gasteiger partial charge in [0.05, 0.1) is 24.5 Å². The molecule has 12 heteroatoms. The summed E-state index contributed by atoms with van der Waals surface area (Å²) in [7, 11) is 3.23. The second kappa shape index (κ2) is 13.3. The Kier molecular flexibility index (Phi) is 10.1. The van der Waals surface area contributed by atoms with Crippen LogP contribution in [0.15, 0.2) is 42.1 Å². The van der Waals surface area contributed by atoms with E-state index < -0.39 is 5.97 Å². The van der Waals surface area contributed by atoms with E-state index in [-0.39, 0.29) is 41.6 Å². The van der Waals surface area contributed by atoms with Gasteiger partial charge in [0.25, 0.3) is 5.91 Å². The lowest BCUT2D eigenvalue weighted by Gasteiger charge is -2.30. The fraction of sp³-hybridized carbons (Fsp3) is 0.500. The third-order valence-corrected chi connectivity index (χ3v) is 7.08. The number of hydrogen-bond donors (Lipinski definition) is 3. The van der Waals surface area contributed by atoms with E-state index in [2.05, 4.69) is 27.5 Å². The number of esters is 1. The lowest BCUT2D eigenvalue weighted by Crippen LogP contribution is -2.46. The van der Waals surface area contributed by atoms with Crippen molar-refractivity contribution in [3.8, 4) is 0 Å². The Hall–Kier alpha value is -3.09. The number of aromatic nitrogens is 1. The van der Waals surface area contributed by atoms with Gasteiger partial charge in [-0.3, -0.25) is 9.59 Å². The van der Waals surface area contributed by atoms with Gasteiger partial charge in [-0.05, 0) is 24.6 Å². The first-order valence-electron chi connectivity index (χ1n) is 11.7. The molecule has 0 spiro atoms. The molecule has 196 valence electrons. The van der Waals surface area contributed by atoms with Crippen LogP contribution in [-0.4, -0.2) is 97.9 Å². The number of hydrogen-bond acceptors (Lipinski definition) is 10. The second-order valence-electron chi connectivity index (χ2n) is 7.96. The van der Waals surface area contributed by atoms with E-state index in [1.807, 2.05) is 6.92 Å². The first-order chi connectivity index (χ1) is 17.4. The topological polar surface area (TPSA) is 131 Å². The molecular formula is C24H33N5O6S. The molecule has 1 aromatic rings. The number of carbonyl (C=O) groups excluding carboxylic acids is 3. The van der Waals surface area contributed by atoms with Gasteiger partial charge >= 0.3 is 5.97 Å². The number of ether oxygens (including phenoxy) is 3. The van der Waals surface area contributed by atoms with Crippen LogP contribution in [0.1, 0.15) is 6.92 Å². The van der Waals surface area contributed by atoms with Crippen molar-refractivity contribution in [2.75, 3.05) is 64.3 Å². The third kappa shape index (κ3) is 6.77. The van der Waals surface area contributed by atoms with Gasteiger partial charge in [-0.15, -0.1) is 11.8 Å². The average Bonchev–Trinajstić information content (AvgIpc) is 3.57. The molecule has 1 saturated carbocycles. The molecule has 1 aliphatic carbocycles. The molecule has 3 rings (SSSR count). The van der Waals surface area contributed by atoms with Gasteiger partial charge < -0.3 is 35.1 Å². The van der Waals surface area contributed by atoms with Crippen LogP contribution < -0.4 is 16.0 Å². The Labute approximate surface area is 215 Å². The summed E-state index contributed by atoms with van der Waals surface area (Å²) < 4.78 is 15.3. The molecule has 2 fully saturated rings. The number of likely N-dealkylation sites (N-methyl/N-ethyl adjacent to an activating group) is 2. The summed E-state index contributed by atoms with van der Waals surface area (Å²) in [5.74, 6) is 0.134. The normalized spacial score (nSPS) is 21.8. The zero-order valence-corrected chi connectivity index (χ0v) is 21.6. The molecule has 3 N–H and O–H groups in total. The van der Waals surface area contributed by atoms with Crippen LogP contribution in [0.2, 0.25) is 0 Å². The van der Waals surface area contributed by atoms with E-state index in [1.54, 1.807) is 37.3 Å². The maximum atomic E-state index is 13.2. The molecule has 0 bridgehead atoms. The minimum Gasteiger partial charge on any atom is -0.457 e. The largest absolute Gasteiger partial charge is 0.457 e. The van der Waals surface area contributed by atoms with Crippen molar-refractivity contribution in [2.24, 2.45) is 0 Å². The number of methoxy groups -OCH3 is 1. The first kappa shape index (κ1) is 27.5. The fourth-order valence-corrected chi connectivity index (χ4v) is 5.45. The van der Waals surface area contributed by atoms with Crippen LogP contribution in [-0.2, 0) is 28.6 Å². The molecule has 1 aliphatic heterocycles. The number of nitrogens with one attached hydrogen (secondary N) is 3. The molecule has 1 saturated heterocycles. The van der Waals surface area contributed by atoms with Gasteiger partial charge in [0, 0.05) is 27.2 Å². The summed E-state index contributed by atoms with van der Waals surface area (Å²) in [5.41, 5.74) is 1.28. The average molecular weight is 520 g/mol. The van der Waals surface area contributed by atoms with Crippen molar-refractivity contribution in [1.82, 2.24) is 15.2 Å². The predicted molar refractivity (Wildman–Crippen MR) is 138 cm³/mol. The van der Waals surface area contributed by atoms with E-state index in [4.69, 9.17) is 14.2 Å². The van der Waals surface area contributed by atoms with Gasteiger partial charge in [-0.1, -0.05) is 18.7 Å². The molecule has 2 heterocycles. The van der Waals surface area contributed by atoms with E-state index in [0.717, 1.165) is 5.57 Å². The van der Waals surface area contributed by atoms with Crippen molar-refractivity contribution in [3.05, 3.63) is 42.1 Å². The lowest BCUT2D eigenvalue weighted by atomic mass is 10.3. The number of pyridine rings is 1.